The van der Waals surface area contributed by atoms with Crippen molar-refractivity contribution in [2.24, 2.45) is 0 Å². The van der Waals surface area contributed by atoms with Crippen molar-refractivity contribution in [3.8, 4) is 11.5 Å². The van der Waals surface area contributed by atoms with E-state index in [1.165, 1.54) is 11.3 Å². The van der Waals surface area contributed by atoms with E-state index in [1.807, 2.05) is 16.8 Å². The summed E-state index contributed by atoms with van der Waals surface area (Å²) in [6.45, 7) is 0. The summed E-state index contributed by atoms with van der Waals surface area (Å²) in [5.74, 6) is 1.66. The predicted molar refractivity (Wildman–Crippen MR) is 74.8 cm³/mol. The summed E-state index contributed by atoms with van der Waals surface area (Å²) < 4.78 is 10.7. The minimum absolute atomic E-state index is 0.670. The van der Waals surface area contributed by atoms with E-state index in [0.29, 0.717) is 10.6 Å². The molecule has 6 heteroatoms. The second-order valence-electron chi connectivity index (χ2n) is 2.77. The quantitative estimate of drug-likeness (QED) is 0.793. The molecule has 0 saturated carbocycles. The molecule has 0 aliphatic carbocycles. The van der Waals surface area contributed by atoms with Gasteiger partial charge < -0.3 is 9.47 Å². The molecule has 2 rings (SSSR count). The van der Waals surface area contributed by atoms with E-state index in [4.69, 9.17) is 9.47 Å². The van der Waals surface area contributed by atoms with Crippen LogP contribution in [0.4, 0.5) is 0 Å². The van der Waals surface area contributed by atoms with E-state index >= 15 is 0 Å². The fourth-order valence-electron chi connectivity index (χ4n) is 0.935. The highest BCUT2D eigenvalue weighted by molar-refractivity contribution is 9.11. The first-order valence-electron chi connectivity index (χ1n) is 4.56. The van der Waals surface area contributed by atoms with Gasteiger partial charge in [-0.1, -0.05) is 0 Å². The number of hydrogen-bond acceptors (Lipinski definition) is 5. The Labute approximate surface area is 116 Å². The lowest BCUT2D eigenvalue weighted by Crippen LogP contribution is -1.77. The number of thiophene rings is 2. The second kappa shape index (κ2) is 7.47. The molecule has 17 heavy (non-hydrogen) atoms. The molecule has 0 bridgehead atoms. The zero-order chi connectivity index (χ0) is 12.7. The van der Waals surface area contributed by atoms with Gasteiger partial charge in [-0.3, -0.25) is 4.79 Å². The third kappa shape index (κ3) is 4.49. The standard InChI is InChI=1S/C6H5BrO2S.C5H6OS/c1-9-5-2-4(3-8)10-6(5)7;1-6-5-2-3-7-4-5/h2-3H,1H3;2-4H,1H3. The van der Waals surface area contributed by atoms with Crippen molar-refractivity contribution in [3.63, 3.8) is 0 Å². The van der Waals surface area contributed by atoms with Crippen molar-refractivity contribution >= 4 is 44.9 Å². The van der Waals surface area contributed by atoms with Crippen LogP contribution in [0.25, 0.3) is 0 Å². The molecule has 2 aromatic heterocycles. The van der Waals surface area contributed by atoms with Crippen LogP contribution in [0.5, 0.6) is 11.5 Å². The second-order valence-corrected chi connectivity index (χ2v) is 5.95. The molecule has 3 nitrogen and oxygen atoms in total. The van der Waals surface area contributed by atoms with Gasteiger partial charge in [-0.15, -0.1) is 22.7 Å². The molecule has 0 aliphatic rings. The first-order chi connectivity index (χ1) is 8.21. The molecule has 0 aromatic carbocycles. The molecule has 0 radical (unpaired) electrons. The molecular weight excluding hydrogens is 324 g/mol. The lowest BCUT2D eigenvalue weighted by atomic mass is 10.5. The van der Waals surface area contributed by atoms with Crippen LogP contribution in [0.1, 0.15) is 9.67 Å². The van der Waals surface area contributed by atoms with Crippen molar-refractivity contribution in [2.75, 3.05) is 14.2 Å². The molecule has 0 aliphatic heterocycles. The molecular formula is C11H11BrO3S2. The molecule has 0 amide bonds. The molecule has 92 valence electrons. The summed E-state index contributed by atoms with van der Waals surface area (Å²) in [5.41, 5.74) is 0. The van der Waals surface area contributed by atoms with Crippen LogP contribution in [0.2, 0.25) is 0 Å². The Kier molecular flexibility index (Phi) is 6.25. The highest BCUT2D eigenvalue weighted by Gasteiger charge is 2.04. The predicted octanol–water partition coefficient (Wildman–Crippen LogP) is 4.09. The minimum Gasteiger partial charge on any atom is -0.496 e. The number of rotatable bonds is 3. The van der Waals surface area contributed by atoms with Gasteiger partial charge in [-0.05, 0) is 27.4 Å². The molecule has 0 atom stereocenters. The number of carbonyl (C=O) groups is 1. The Bertz CT molecular complexity index is 451. The maximum Gasteiger partial charge on any atom is 0.160 e. The summed E-state index contributed by atoms with van der Waals surface area (Å²) in [5, 5.41) is 3.94. The van der Waals surface area contributed by atoms with Gasteiger partial charge in [0.15, 0.2) is 6.29 Å². The number of halogens is 1. The molecule has 0 fully saturated rings. The molecule has 0 N–H and O–H groups in total. The molecule has 0 unspecified atom stereocenters. The van der Waals surface area contributed by atoms with Crippen LogP contribution >= 0.6 is 38.6 Å². The van der Waals surface area contributed by atoms with Gasteiger partial charge in [-0.25, -0.2) is 0 Å². The van der Waals surface area contributed by atoms with Gasteiger partial charge in [0.2, 0.25) is 0 Å². The van der Waals surface area contributed by atoms with Crippen molar-refractivity contribution in [1.29, 1.82) is 0 Å². The van der Waals surface area contributed by atoms with Crippen LogP contribution in [-0.2, 0) is 0 Å². The molecule has 0 spiro atoms. The van der Waals surface area contributed by atoms with E-state index in [-0.39, 0.29) is 0 Å². The van der Waals surface area contributed by atoms with Gasteiger partial charge in [0.1, 0.15) is 15.3 Å². The fourth-order valence-corrected chi connectivity index (χ4v) is 3.04. The van der Waals surface area contributed by atoms with E-state index in [0.717, 1.165) is 15.8 Å². The Hall–Kier alpha value is -0.850. The first-order valence-corrected chi connectivity index (χ1v) is 7.11. The van der Waals surface area contributed by atoms with Crippen molar-refractivity contribution < 1.29 is 14.3 Å². The maximum absolute atomic E-state index is 10.2. The average molecular weight is 335 g/mol. The molecule has 2 aromatic rings. The number of methoxy groups -OCH3 is 2. The fraction of sp³-hybridized carbons (Fsp3) is 0.182. The molecule has 0 saturated heterocycles. The van der Waals surface area contributed by atoms with Crippen molar-refractivity contribution in [1.82, 2.24) is 0 Å². The number of aldehydes is 1. The minimum atomic E-state index is 0.670. The van der Waals surface area contributed by atoms with E-state index in [9.17, 15) is 4.79 Å². The summed E-state index contributed by atoms with van der Waals surface area (Å²) in [4.78, 5) is 10.9. The van der Waals surface area contributed by atoms with Gasteiger partial charge in [0, 0.05) is 11.4 Å². The Morgan fingerprint density at radius 3 is 2.41 bits per heavy atom. The molecule has 2 heterocycles. The monoisotopic (exact) mass is 334 g/mol. The van der Waals surface area contributed by atoms with Crippen LogP contribution in [-0.4, -0.2) is 20.5 Å². The summed E-state index contributed by atoms with van der Waals surface area (Å²) in [6.07, 6.45) is 0.804. The van der Waals surface area contributed by atoms with Gasteiger partial charge in [-0.2, -0.15) is 0 Å². The zero-order valence-electron chi connectivity index (χ0n) is 9.31. The first kappa shape index (κ1) is 14.2. The van der Waals surface area contributed by atoms with E-state index in [2.05, 4.69) is 15.9 Å². The van der Waals surface area contributed by atoms with Gasteiger partial charge in [0.25, 0.3) is 0 Å². The maximum atomic E-state index is 10.2. The smallest absolute Gasteiger partial charge is 0.160 e. The lowest BCUT2D eigenvalue weighted by Gasteiger charge is -1.91. The third-order valence-electron chi connectivity index (χ3n) is 1.74. The summed E-state index contributed by atoms with van der Waals surface area (Å²) >= 11 is 6.25. The average Bonchev–Trinajstić information content (AvgIpc) is 2.98. The SMILES string of the molecule is COc1cc(C=O)sc1Br.COc1ccsc1. The van der Waals surface area contributed by atoms with Gasteiger partial charge in [0.05, 0.1) is 19.1 Å². The number of carbonyl (C=O) groups excluding carboxylic acids is 1. The van der Waals surface area contributed by atoms with Crippen molar-refractivity contribution in [3.05, 3.63) is 31.6 Å². The highest BCUT2D eigenvalue weighted by Crippen LogP contribution is 2.33. The zero-order valence-corrected chi connectivity index (χ0v) is 12.5. The largest absolute Gasteiger partial charge is 0.496 e. The Morgan fingerprint density at radius 1 is 1.35 bits per heavy atom. The topological polar surface area (TPSA) is 35.5 Å². The van der Waals surface area contributed by atoms with E-state index in [1.54, 1.807) is 31.6 Å². The highest BCUT2D eigenvalue weighted by atomic mass is 79.9. The lowest BCUT2D eigenvalue weighted by molar-refractivity contribution is 0.112. The van der Waals surface area contributed by atoms with Crippen LogP contribution in [0.3, 0.4) is 0 Å². The van der Waals surface area contributed by atoms with Crippen molar-refractivity contribution in [2.45, 2.75) is 0 Å². The summed E-state index contributed by atoms with van der Waals surface area (Å²) in [6, 6.07) is 3.63. The summed E-state index contributed by atoms with van der Waals surface area (Å²) in [7, 11) is 3.24. The van der Waals surface area contributed by atoms with Crippen LogP contribution < -0.4 is 9.47 Å². The Morgan fingerprint density at radius 2 is 2.12 bits per heavy atom. The van der Waals surface area contributed by atoms with Crippen LogP contribution in [0, 0.1) is 0 Å². The van der Waals surface area contributed by atoms with E-state index < -0.39 is 0 Å². The van der Waals surface area contributed by atoms with Crippen LogP contribution in [0.15, 0.2) is 26.7 Å². The normalized spacial score (nSPS) is 9.12. The Balaban J connectivity index is 0.000000181. The third-order valence-corrected chi connectivity index (χ3v) is 4.11. The number of hydrogen-bond donors (Lipinski definition) is 0. The number of ether oxygens (including phenoxy) is 2. The van der Waals surface area contributed by atoms with Gasteiger partial charge >= 0.3 is 0 Å².